The van der Waals surface area contributed by atoms with Gasteiger partial charge in [-0.05, 0) is 30.2 Å². The molecule has 0 radical (unpaired) electrons. The molecule has 2 rings (SSSR count). The lowest BCUT2D eigenvalue weighted by molar-refractivity contribution is -0.105. The predicted octanol–water partition coefficient (Wildman–Crippen LogP) is 2.24. The number of amides is 2. The number of benzene rings is 2. The number of carbonyl (C=O) groups excluding carboxylic acids is 2. The molecule has 0 unspecified atom stereocenters. The van der Waals surface area contributed by atoms with Crippen molar-refractivity contribution in [3.05, 3.63) is 59.7 Å². The standard InChI is InChI=1S/C17H18N2O3/c1-22-14-7-8-16(19-12-20)15(11-14)17(21)18-10-9-13-5-3-2-4-6-13/h2-8,11-12H,9-10H2,1H3,(H,18,21)(H,19,20). The highest BCUT2D eigenvalue weighted by Crippen LogP contribution is 2.21. The molecule has 5 nitrogen and oxygen atoms in total. The zero-order valence-electron chi connectivity index (χ0n) is 12.3. The summed E-state index contributed by atoms with van der Waals surface area (Å²) in [5.41, 5.74) is 1.98. The van der Waals surface area contributed by atoms with E-state index < -0.39 is 0 Å². The first-order valence-corrected chi connectivity index (χ1v) is 6.95. The van der Waals surface area contributed by atoms with E-state index in [9.17, 15) is 9.59 Å². The summed E-state index contributed by atoms with van der Waals surface area (Å²) in [5.74, 6) is 0.309. The largest absolute Gasteiger partial charge is 0.497 e. The quantitative estimate of drug-likeness (QED) is 0.770. The van der Waals surface area contributed by atoms with Crippen molar-refractivity contribution in [2.24, 2.45) is 0 Å². The molecule has 2 amide bonds. The van der Waals surface area contributed by atoms with E-state index >= 15 is 0 Å². The molecular formula is C17H18N2O3. The van der Waals surface area contributed by atoms with Crippen LogP contribution in [0.5, 0.6) is 5.75 Å². The highest BCUT2D eigenvalue weighted by atomic mass is 16.5. The van der Waals surface area contributed by atoms with Gasteiger partial charge in [-0.25, -0.2) is 0 Å². The summed E-state index contributed by atoms with van der Waals surface area (Å²) < 4.78 is 5.12. The molecule has 0 aromatic heterocycles. The number of anilines is 1. The Morgan fingerprint density at radius 1 is 1.18 bits per heavy atom. The molecule has 0 bridgehead atoms. The van der Waals surface area contributed by atoms with Crippen molar-refractivity contribution in [2.75, 3.05) is 19.0 Å². The van der Waals surface area contributed by atoms with E-state index in [0.29, 0.717) is 30.0 Å². The van der Waals surface area contributed by atoms with Crippen LogP contribution in [-0.2, 0) is 11.2 Å². The number of carbonyl (C=O) groups is 2. The molecule has 114 valence electrons. The molecule has 0 fully saturated rings. The van der Waals surface area contributed by atoms with Gasteiger partial charge in [-0.15, -0.1) is 0 Å². The highest BCUT2D eigenvalue weighted by molar-refractivity contribution is 6.01. The van der Waals surface area contributed by atoms with Crippen LogP contribution in [0.2, 0.25) is 0 Å². The Morgan fingerprint density at radius 3 is 2.64 bits per heavy atom. The summed E-state index contributed by atoms with van der Waals surface area (Å²) in [6, 6.07) is 14.8. The molecule has 2 aromatic rings. The smallest absolute Gasteiger partial charge is 0.253 e. The molecule has 22 heavy (non-hydrogen) atoms. The molecule has 0 spiro atoms. The zero-order chi connectivity index (χ0) is 15.8. The van der Waals surface area contributed by atoms with Crippen LogP contribution in [0, 0.1) is 0 Å². The molecule has 0 heterocycles. The number of nitrogens with one attached hydrogen (secondary N) is 2. The van der Waals surface area contributed by atoms with Crippen molar-refractivity contribution in [2.45, 2.75) is 6.42 Å². The van der Waals surface area contributed by atoms with Gasteiger partial charge in [0.15, 0.2) is 0 Å². The first kappa shape index (κ1) is 15.6. The molecule has 2 aromatic carbocycles. The molecule has 0 aliphatic rings. The Bertz CT molecular complexity index is 642. The maximum atomic E-state index is 12.3. The lowest BCUT2D eigenvalue weighted by Gasteiger charge is -2.11. The van der Waals surface area contributed by atoms with Crippen LogP contribution in [0.15, 0.2) is 48.5 Å². The topological polar surface area (TPSA) is 67.4 Å². The lowest BCUT2D eigenvalue weighted by atomic mass is 10.1. The van der Waals surface area contributed by atoms with Gasteiger partial charge in [-0.1, -0.05) is 30.3 Å². The van der Waals surface area contributed by atoms with Crippen LogP contribution in [0.25, 0.3) is 0 Å². The van der Waals surface area contributed by atoms with Gasteiger partial charge in [-0.3, -0.25) is 9.59 Å². The summed E-state index contributed by atoms with van der Waals surface area (Å²) in [7, 11) is 1.53. The summed E-state index contributed by atoms with van der Waals surface area (Å²) in [6.45, 7) is 0.514. The zero-order valence-corrected chi connectivity index (χ0v) is 12.3. The van der Waals surface area contributed by atoms with Crippen LogP contribution in [0.3, 0.4) is 0 Å². The minimum absolute atomic E-state index is 0.251. The minimum atomic E-state index is -0.251. The molecule has 0 aliphatic heterocycles. The van der Waals surface area contributed by atoms with E-state index in [1.54, 1.807) is 18.2 Å². The second-order valence-electron chi connectivity index (χ2n) is 4.67. The molecule has 5 heteroatoms. The van der Waals surface area contributed by atoms with E-state index in [2.05, 4.69) is 10.6 Å². The monoisotopic (exact) mass is 298 g/mol. The van der Waals surface area contributed by atoms with Gasteiger partial charge in [0.1, 0.15) is 5.75 Å². The Hall–Kier alpha value is -2.82. The van der Waals surface area contributed by atoms with Crippen molar-refractivity contribution < 1.29 is 14.3 Å². The van der Waals surface area contributed by atoms with Gasteiger partial charge in [0.25, 0.3) is 5.91 Å². The summed E-state index contributed by atoms with van der Waals surface area (Å²) in [4.78, 5) is 22.9. The Labute approximate surface area is 129 Å². The first-order valence-electron chi connectivity index (χ1n) is 6.95. The fraction of sp³-hybridized carbons (Fsp3) is 0.176. The Balaban J connectivity index is 2.03. The van der Waals surface area contributed by atoms with Crippen LogP contribution in [0.4, 0.5) is 5.69 Å². The summed E-state index contributed by atoms with van der Waals surface area (Å²) in [5, 5.41) is 5.37. The minimum Gasteiger partial charge on any atom is -0.497 e. The molecule has 2 N–H and O–H groups in total. The normalized spacial score (nSPS) is 9.86. The SMILES string of the molecule is COc1ccc(NC=O)c(C(=O)NCCc2ccccc2)c1. The first-order chi connectivity index (χ1) is 10.7. The number of hydrogen-bond donors (Lipinski definition) is 2. The van der Waals surface area contributed by atoms with Crippen LogP contribution >= 0.6 is 0 Å². The van der Waals surface area contributed by atoms with Gasteiger partial charge in [0, 0.05) is 6.54 Å². The van der Waals surface area contributed by atoms with Crippen molar-refractivity contribution >= 4 is 18.0 Å². The van der Waals surface area contributed by atoms with E-state index in [1.165, 1.54) is 7.11 Å². The maximum absolute atomic E-state index is 12.3. The summed E-state index contributed by atoms with van der Waals surface area (Å²) in [6.07, 6.45) is 1.29. The third-order valence-electron chi connectivity index (χ3n) is 3.23. The predicted molar refractivity (Wildman–Crippen MR) is 85.2 cm³/mol. The van der Waals surface area contributed by atoms with Crippen molar-refractivity contribution in [1.29, 1.82) is 0 Å². The fourth-order valence-corrected chi connectivity index (χ4v) is 2.09. The van der Waals surface area contributed by atoms with Crippen LogP contribution < -0.4 is 15.4 Å². The second-order valence-corrected chi connectivity index (χ2v) is 4.67. The van der Waals surface area contributed by atoms with Crippen molar-refractivity contribution in [3.8, 4) is 5.75 Å². The Morgan fingerprint density at radius 2 is 1.95 bits per heavy atom. The number of ether oxygens (including phenoxy) is 1. The van der Waals surface area contributed by atoms with Gasteiger partial charge in [0.2, 0.25) is 6.41 Å². The van der Waals surface area contributed by atoms with Gasteiger partial charge in [0.05, 0.1) is 18.4 Å². The Kier molecular flexibility index (Phi) is 5.54. The number of hydrogen-bond acceptors (Lipinski definition) is 3. The van der Waals surface area contributed by atoms with E-state index in [1.807, 2.05) is 30.3 Å². The molecule has 0 saturated heterocycles. The van der Waals surface area contributed by atoms with Crippen molar-refractivity contribution in [1.82, 2.24) is 5.32 Å². The molecule has 0 atom stereocenters. The van der Waals surface area contributed by atoms with E-state index in [0.717, 1.165) is 12.0 Å². The van der Waals surface area contributed by atoms with Crippen LogP contribution in [-0.4, -0.2) is 26.0 Å². The van der Waals surface area contributed by atoms with Crippen LogP contribution in [0.1, 0.15) is 15.9 Å². The average Bonchev–Trinajstić information content (AvgIpc) is 2.56. The second kappa shape index (κ2) is 7.83. The van der Waals surface area contributed by atoms with Gasteiger partial charge < -0.3 is 15.4 Å². The highest BCUT2D eigenvalue weighted by Gasteiger charge is 2.12. The van der Waals surface area contributed by atoms with Gasteiger partial charge >= 0.3 is 0 Å². The maximum Gasteiger partial charge on any atom is 0.253 e. The molecule has 0 aliphatic carbocycles. The van der Waals surface area contributed by atoms with Gasteiger partial charge in [-0.2, -0.15) is 0 Å². The third-order valence-corrected chi connectivity index (χ3v) is 3.23. The third kappa shape index (κ3) is 4.09. The van der Waals surface area contributed by atoms with E-state index in [4.69, 9.17) is 4.74 Å². The molecular weight excluding hydrogens is 280 g/mol. The lowest BCUT2D eigenvalue weighted by Crippen LogP contribution is -2.26. The average molecular weight is 298 g/mol. The fourth-order valence-electron chi connectivity index (χ4n) is 2.09. The number of rotatable bonds is 7. The van der Waals surface area contributed by atoms with Crippen molar-refractivity contribution in [3.63, 3.8) is 0 Å². The number of methoxy groups -OCH3 is 1. The van der Waals surface area contributed by atoms with E-state index in [-0.39, 0.29) is 5.91 Å². The summed E-state index contributed by atoms with van der Waals surface area (Å²) >= 11 is 0. The molecule has 0 saturated carbocycles.